The Bertz CT molecular complexity index is 671. The van der Waals surface area contributed by atoms with Crippen LogP contribution in [0.15, 0.2) is 24.8 Å². The van der Waals surface area contributed by atoms with Gasteiger partial charge in [-0.2, -0.15) is 27.8 Å². The number of nitrogens with zero attached hydrogens (tertiary/aromatic N) is 4. The molecule has 0 aromatic carbocycles. The number of ether oxygens (including phenoxy) is 1. The van der Waals surface area contributed by atoms with Gasteiger partial charge in [-0.1, -0.05) is 0 Å². The van der Waals surface area contributed by atoms with E-state index in [1.165, 1.54) is 7.11 Å². The van der Waals surface area contributed by atoms with Gasteiger partial charge >= 0.3 is 25.0 Å². The number of esters is 1. The first kappa shape index (κ1) is 18.1. The molecule has 0 atom stereocenters. The number of hydrogen-bond acceptors (Lipinski definition) is 5. The fourth-order valence-electron chi connectivity index (χ4n) is 1.22. The molecule has 0 spiro atoms. The lowest BCUT2D eigenvalue weighted by Crippen LogP contribution is -2.00. The Morgan fingerprint density at radius 1 is 1.04 bits per heavy atom. The maximum absolute atomic E-state index is 11.9. The second kappa shape index (κ2) is 7.91. The highest BCUT2D eigenvalue weighted by Gasteiger charge is 2.12. The van der Waals surface area contributed by atoms with Gasteiger partial charge in [-0.05, 0) is 0 Å². The lowest BCUT2D eigenvalue weighted by Gasteiger charge is -1.95. The Hall–Kier alpha value is -2.92. The summed E-state index contributed by atoms with van der Waals surface area (Å²) in [7, 11) is 1.17. The standard InChI is InChI=1S/C6H6F2N2O2.C5H4F2N2O2/c1-12-5(11)4-2-9-10(3-4)6(7)8;6-5(7)9-2-3(1-8-9)4(10)11/h2-3,6H,1H3;1-2,5H,(H,10,11). The number of halogens is 4. The van der Waals surface area contributed by atoms with Gasteiger partial charge in [0.2, 0.25) is 0 Å². The maximum atomic E-state index is 11.9. The predicted octanol–water partition coefficient (Wildman–Crippen LogP) is 2.04. The van der Waals surface area contributed by atoms with E-state index >= 15 is 0 Å². The van der Waals surface area contributed by atoms with Gasteiger partial charge in [0.25, 0.3) is 0 Å². The Labute approximate surface area is 125 Å². The van der Waals surface area contributed by atoms with Crippen LogP contribution in [0.25, 0.3) is 0 Å². The largest absolute Gasteiger partial charge is 0.478 e. The molecule has 0 radical (unpaired) electrons. The molecule has 0 aliphatic heterocycles. The molecule has 0 bridgehead atoms. The second-order valence-electron chi connectivity index (χ2n) is 3.77. The minimum atomic E-state index is -2.79. The predicted molar refractivity (Wildman–Crippen MR) is 65.3 cm³/mol. The molecule has 0 unspecified atom stereocenters. The molecule has 0 saturated heterocycles. The monoisotopic (exact) mass is 338 g/mol. The van der Waals surface area contributed by atoms with Crippen molar-refractivity contribution in [2.45, 2.75) is 13.1 Å². The van der Waals surface area contributed by atoms with Gasteiger partial charge in [-0.25, -0.2) is 19.0 Å². The van der Waals surface area contributed by atoms with Crippen molar-refractivity contribution in [3.63, 3.8) is 0 Å². The average molecular weight is 338 g/mol. The molecule has 2 aromatic heterocycles. The average Bonchev–Trinajstić information content (AvgIpc) is 3.16. The fraction of sp³-hybridized carbons (Fsp3) is 0.273. The van der Waals surface area contributed by atoms with E-state index in [-0.39, 0.29) is 15.8 Å². The summed E-state index contributed by atoms with van der Waals surface area (Å²) in [6.07, 6.45) is 3.59. The highest BCUT2D eigenvalue weighted by molar-refractivity contribution is 5.88. The van der Waals surface area contributed by atoms with Gasteiger partial charge in [0.05, 0.1) is 30.6 Å². The number of alkyl halides is 4. The van der Waals surface area contributed by atoms with Crippen molar-refractivity contribution < 1.29 is 37.0 Å². The highest BCUT2D eigenvalue weighted by Crippen LogP contribution is 2.10. The molecule has 12 heteroatoms. The summed E-state index contributed by atoms with van der Waals surface area (Å²) in [6, 6.07) is 0. The number of methoxy groups -OCH3 is 1. The summed E-state index contributed by atoms with van der Waals surface area (Å²) < 4.78 is 52.2. The Balaban J connectivity index is 0.000000231. The van der Waals surface area contributed by atoms with E-state index in [1.54, 1.807) is 0 Å². The number of aromatic nitrogens is 4. The topological polar surface area (TPSA) is 99.2 Å². The van der Waals surface area contributed by atoms with Crippen LogP contribution in [-0.2, 0) is 4.74 Å². The molecule has 2 heterocycles. The SMILES string of the molecule is COC(=O)c1cnn(C(F)F)c1.O=C(O)c1cnn(C(F)F)c1. The third-order valence-electron chi connectivity index (χ3n) is 2.27. The molecule has 2 rings (SSSR count). The van der Waals surface area contributed by atoms with E-state index in [1.807, 2.05) is 0 Å². The lowest BCUT2D eigenvalue weighted by molar-refractivity contribution is 0.0550. The van der Waals surface area contributed by atoms with Crippen molar-refractivity contribution in [1.82, 2.24) is 19.6 Å². The third kappa shape index (κ3) is 5.09. The van der Waals surface area contributed by atoms with E-state index in [2.05, 4.69) is 14.9 Å². The Morgan fingerprint density at radius 2 is 1.48 bits per heavy atom. The van der Waals surface area contributed by atoms with Crippen LogP contribution in [0.1, 0.15) is 33.8 Å². The highest BCUT2D eigenvalue weighted by atomic mass is 19.3. The van der Waals surface area contributed by atoms with Crippen molar-refractivity contribution >= 4 is 11.9 Å². The molecule has 2 aromatic rings. The summed E-state index contributed by atoms with van der Waals surface area (Å²) in [5, 5.41) is 14.7. The van der Waals surface area contributed by atoms with E-state index in [0.29, 0.717) is 4.68 Å². The number of carbonyl (C=O) groups excluding carboxylic acids is 1. The molecule has 8 nitrogen and oxygen atoms in total. The Morgan fingerprint density at radius 3 is 1.78 bits per heavy atom. The quantitative estimate of drug-likeness (QED) is 0.676. The van der Waals surface area contributed by atoms with Crippen LogP contribution in [0.5, 0.6) is 0 Å². The molecular formula is C11H10F4N4O4. The number of carboxylic acids is 1. The zero-order valence-corrected chi connectivity index (χ0v) is 11.4. The molecule has 1 N–H and O–H groups in total. The smallest absolute Gasteiger partial charge is 0.341 e. The van der Waals surface area contributed by atoms with Gasteiger partial charge in [-0.3, -0.25) is 0 Å². The zero-order valence-electron chi connectivity index (χ0n) is 11.4. The van der Waals surface area contributed by atoms with Crippen LogP contribution in [0.2, 0.25) is 0 Å². The van der Waals surface area contributed by atoms with E-state index in [4.69, 9.17) is 5.11 Å². The molecule has 0 amide bonds. The van der Waals surface area contributed by atoms with Gasteiger partial charge in [0.15, 0.2) is 0 Å². The van der Waals surface area contributed by atoms with Crippen molar-refractivity contribution in [1.29, 1.82) is 0 Å². The summed E-state index contributed by atoms with van der Waals surface area (Å²) in [4.78, 5) is 20.9. The first-order chi connectivity index (χ1) is 10.8. The summed E-state index contributed by atoms with van der Waals surface area (Å²) in [5.41, 5.74) is -0.233. The van der Waals surface area contributed by atoms with Gasteiger partial charge in [-0.15, -0.1) is 0 Å². The van der Waals surface area contributed by atoms with Crippen molar-refractivity contribution in [2.24, 2.45) is 0 Å². The van der Waals surface area contributed by atoms with E-state index < -0.39 is 25.0 Å². The molecule has 0 fully saturated rings. The fourth-order valence-corrected chi connectivity index (χ4v) is 1.22. The minimum absolute atomic E-state index is 0.0119. The third-order valence-corrected chi connectivity index (χ3v) is 2.27. The van der Waals surface area contributed by atoms with Gasteiger partial charge < -0.3 is 9.84 Å². The number of carbonyl (C=O) groups is 2. The van der Waals surface area contributed by atoms with Crippen LogP contribution in [0.3, 0.4) is 0 Å². The molecule has 0 aliphatic carbocycles. The number of carboxylic acid groups (broad SMARTS) is 1. The molecule has 23 heavy (non-hydrogen) atoms. The number of aromatic carboxylic acids is 1. The summed E-state index contributed by atoms with van der Waals surface area (Å²) >= 11 is 0. The molecular weight excluding hydrogens is 328 g/mol. The molecule has 0 aliphatic rings. The normalized spacial score (nSPS) is 10.4. The summed E-state index contributed by atoms with van der Waals surface area (Å²) in [6.45, 7) is -5.52. The Kier molecular flexibility index (Phi) is 6.24. The van der Waals surface area contributed by atoms with Crippen molar-refractivity contribution in [3.05, 3.63) is 35.9 Å². The minimum Gasteiger partial charge on any atom is -0.478 e. The molecule has 126 valence electrons. The van der Waals surface area contributed by atoms with Crippen LogP contribution in [-0.4, -0.2) is 43.7 Å². The lowest BCUT2D eigenvalue weighted by atomic mass is 10.4. The van der Waals surface area contributed by atoms with Crippen LogP contribution in [0.4, 0.5) is 17.6 Å². The van der Waals surface area contributed by atoms with E-state index in [0.717, 1.165) is 24.8 Å². The van der Waals surface area contributed by atoms with Crippen molar-refractivity contribution in [3.8, 4) is 0 Å². The second-order valence-corrected chi connectivity index (χ2v) is 3.77. The summed E-state index contributed by atoms with van der Waals surface area (Å²) in [5.74, 6) is -1.95. The first-order valence-corrected chi connectivity index (χ1v) is 5.72. The zero-order chi connectivity index (χ0) is 17.6. The first-order valence-electron chi connectivity index (χ1n) is 5.72. The molecule has 0 saturated carbocycles. The van der Waals surface area contributed by atoms with E-state index in [9.17, 15) is 27.2 Å². The van der Waals surface area contributed by atoms with Gasteiger partial charge in [0, 0.05) is 12.4 Å². The number of rotatable bonds is 4. The number of hydrogen-bond donors (Lipinski definition) is 1. The van der Waals surface area contributed by atoms with Crippen molar-refractivity contribution in [2.75, 3.05) is 7.11 Å². The maximum Gasteiger partial charge on any atom is 0.341 e. The van der Waals surface area contributed by atoms with Crippen LogP contribution >= 0.6 is 0 Å². The van der Waals surface area contributed by atoms with Crippen LogP contribution in [0, 0.1) is 0 Å². The van der Waals surface area contributed by atoms with Crippen LogP contribution < -0.4 is 0 Å². The van der Waals surface area contributed by atoms with Gasteiger partial charge in [0.1, 0.15) is 0 Å².